The third-order valence-corrected chi connectivity index (χ3v) is 5.50. The molecule has 3 aromatic rings. The van der Waals surface area contributed by atoms with Crippen LogP contribution in [-0.4, -0.2) is 26.4 Å². The number of ether oxygens (including phenoxy) is 1. The number of rotatable bonds is 2. The van der Waals surface area contributed by atoms with E-state index in [0.717, 1.165) is 37.8 Å². The number of benzene rings is 1. The first-order valence-electron chi connectivity index (χ1n) is 7.64. The van der Waals surface area contributed by atoms with E-state index in [0.29, 0.717) is 12.4 Å². The molecule has 0 bridgehead atoms. The van der Waals surface area contributed by atoms with E-state index in [1.54, 1.807) is 15.9 Å². The molecule has 1 N–H and O–H groups in total. The molecule has 1 aliphatic heterocycles. The van der Waals surface area contributed by atoms with Gasteiger partial charge in [-0.2, -0.15) is 0 Å². The van der Waals surface area contributed by atoms with Gasteiger partial charge in [-0.05, 0) is 32.0 Å². The van der Waals surface area contributed by atoms with Crippen LogP contribution < -0.4 is 10.4 Å². The van der Waals surface area contributed by atoms with Crippen LogP contribution in [0.5, 0.6) is 5.75 Å². The van der Waals surface area contributed by atoms with E-state index in [1.807, 2.05) is 32.0 Å². The number of aromatic nitrogens is 4. The van der Waals surface area contributed by atoms with Crippen LogP contribution in [0.1, 0.15) is 24.8 Å². The second-order valence-electron chi connectivity index (χ2n) is 5.85. The Morgan fingerprint density at radius 1 is 1.42 bits per heavy atom. The molecule has 3 heterocycles. The molecule has 8 heteroatoms. The molecule has 0 saturated carbocycles. The summed E-state index contributed by atoms with van der Waals surface area (Å²) in [5.41, 5.74) is 1.68. The van der Waals surface area contributed by atoms with Crippen molar-refractivity contribution in [3.8, 4) is 27.8 Å². The quantitative estimate of drug-likeness (QED) is 0.704. The lowest BCUT2D eigenvalue weighted by Gasteiger charge is -2.08. The van der Waals surface area contributed by atoms with E-state index in [2.05, 4.69) is 26.1 Å². The number of nitrogens with one attached hydrogen (secondary N) is 1. The highest BCUT2D eigenvalue weighted by Gasteiger charge is 2.24. The Kier molecular flexibility index (Phi) is 3.80. The summed E-state index contributed by atoms with van der Waals surface area (Å²) in [6.07, 6.45) is 0.787. The first-order chi connectivity index (χ1) is 11.5. The molecule has 0 spiro atoms. The van der Waals surface area contributed by atoms with Gasteiger partial charge in [-0.1, -0.05) is 15.9 Å². The minimum absolute atomic E-state index is 0.0153. The minimum Gasteiger partial charge on any atom is -0.492 e. The summed E-state index contributed by atoms with van der Waals surface area (Å²) < 4.78 is 8.45. The van der Waals surface area contributed by atoms with E-state index in [-0.39, 0.29) is 11.7 Å². The van der Waals surface area contributed by atoms with Gasteiger partial charge in [0.05, 0.1) is 12.3 Å². The number of halogens is 1. The molecule has 4 rings (SSSR count). The molecule has 0 saturated heterocycles. The minimum atomic E-state index is -0.210. The van der Waals surface area contributed by atoms with Crippen LogP contribution in [0.25, 0.3) is 22.1 Å². The van der Waals surface area contributed by atoms with Crippen LogP contribution in [0.4, 0.5) is 0 Å². The second-order valence-corrected chi connectivity index (χ2v) is 7.85. The van der Waals surface area contributed by atoms with Crippen molar-refractivity contribution >= 4 is 27.3 Å². The molecule has 0 radical (unpaired) electrons. The number of thiazole rings is 1. The highest BCUT2D eigenvalue weighted by Crippen LogP contribution is 2.40. The zero-order valence-corrected chi connectivity index (χ0v) is 15.6. The van der Waals surface area contributed by atoms with Crippen molar-refractivity contribution in [1.82, 2.24) is 19.7 Å². The second kappa shape index (κ2) is 5.86. The van der Waals surface area contributed by atoms with Crippen LogP contribution in [0, 0.1) is 0 Å². The van der Waals surface area contributed by atoms with Crippen molar-refractivity contribution in [2.24, 2.45) is 0 Å². The number of aromatic amines is 1. The zero-order chi connectivity index (χ0) is 16.8. The third kappa shape index (κ3) is 2.50. The molecule has 0 amide bonds. The highest BCUT2D eigenvalue weighted by molar-refractivity contribution is 9.10. The van der Waals surface area contributed by atoms with E-state index in [9.17, 15) is 4.79 Å². The zero-order valence-electron chi connectivity index (χ0n) is 13.2. The number of fused-ring (bicyclic) bond motifs is 3. The van der Waals surface area contributed by atoms with Gasteiger partial charge in [0.1, 0.15) is 5.75 Å². The molecule has 0 fully saturated rings. The fourth-order valence-electron chi connectivity index (χ4n) is 2.83. The van der Waals surface area contributed by atoms with Crippen LogP contribution >= 0.6 is 27.3 Å². The summed E-state index contributed by atoms with van der Waals surface area (Å²) in [6, 6.07) is 5.96. The van der Waals surface area contributed by atoms with Gasteiger partial charge in [-0.15, -0.1) is 16.4 Å². The maximum atomic E-state index is 12.0. The topological polar surface area (TPSA) is 72.8 Å². The largest absolute Gasteiger partial charge is 0.492 e. The van der Waals surface area contributed by atoms with E-state index >= 15 is 0 Å². The number of nitrogens with zero attached hydrogens (tertiary/aromatic N) is 3. The number of H-pyrrole nitrogens is 1. The lowest BCUT2D eigenvalue weighted by molar-refractivity contribution is 0.327. The van der Waals surface area contributed by atoms with Crippen LogP contribution in [0.3, 0.4) is 0 Å². The number of hydrogen-bond donors (Lipinski definition) is 1. The van der Waals surface area contributed by atoms with E-state index in [1.165, 1.54) is 0 Å². The monoisotopic (exact) mass is 406 g/mol. The van der Waals surface area contributed by atoms with Gasteiger partial charge in [0.15, 0.2) is 10.8 Å². The van der Waals surface area contributed by atoms with Crippen molar-refractivity contribution in [3.05, 3.63) is 38.0 Å². The smallest absolute Gasteiger partial charge is 0.343 e. The average Bonchev–Trinajstić information content (AvgIpc) is 3.07. The summed E-state index contributed by atoms with van der Waals surface area (Å²) in [5, 5.41) is 7.46. The summed E-state index contributed by atoms with van der Waals surface area (Å²) >= 11 is 5.05. The lowest BCUT2D eigenvalue weighted by Crippen LogP contribution is -2.19. The SMILES string of the molecule is CC(C)n1c(-c2nc3c(s2)CCOc2cc(Br)ccc2-3)n[nH]c1=O. The Morgan fingerprint density at radius 3 is 3.04 bits per heavy atom. The Bertz CT molecular complexity index is 973. The van der Waals surface area contributed by atoms with Gasteiger partial charge >= 0.3 is 5.69 Å². The maximum Gasteiger partial charge on any atom is 0.343 e. The molecule has 24 heavy (non-hydrogen) atoms. The standard InChI is InChI=1S/C16H15BrN4O2S/c1-8(2)21-14(19-20-16(21)22)15-18-13-10-4-3-9(17)7-11(10)23-6-5-12(13)24-15/h3-4,7-8H,5-6H2,1-2H3,(H,20,22). The van der Waals surface area contributed by atoms with Crippen LogP contribution in [-0.2, 0) is 6.42 Å². The summed E-state index contributed by atoms with van der Waals surface area (Å²) in [7, 11) is 0. The normalized spacial score (nSPS) is 13.3. The van der Waals surface area contributed by atoms with Gasteiger partial charge in [-0.3, -0.25) is 4.57 Å². The Balaban J connectivity index is 1.89. The van der Waals surface area contributed by atoms with Gasteiger partial charge < -0.3 is 4.74 Å². The van der Waals surface area contributed by atoms with Crippen molar-refractivity contribution in [2.45, 2.75) is 26.3 Å². The molecular weight excluding hydrogens is 392 g/mol. The predicted octanol–water partition coefficient (Wildman–Crippen LogP) is 3.64. The fourth-order valence-corrected chi connectivity index (χ4v) is 4.21. The summed E-state index contributed by atoms with van der Waals surface area (Å²) in [6.45, 7) is 4.52. The molecule has 0 unspecified atom stereocenters. The lowest BCUT2D eigenvalue weighted by atomic mass is 10.1. The van der Waals surface area contributed by atoms with Crippen molar-refractivity contribution in [3.63, 3.8) is 0 Å². The summed E-state index contributed by atoms with van der Waals surface area (Å²) in [5.74, 6) is 1.41. The Morgan fingerprint density at radius 2 is 2.25 bits per heavy atom. The third-order valence-electron chi connectivity index (χ3n) is 3.89. The van der Waals surface area contributed by atoms with Crippen molar-refractivity contribution in [2.75, 3.05) is 6.61 Å². The van der Waals surface area contributed by atoms with Gasteiger partial charge in [-0.25, -0.2) is 14.9 Å². The van der Waals surface area contributed by atoms with Gasteiger partial charge in [0, 0.05) is 27.4 Å². The first-order valence-corrected chi connectivity index (χ1v) is 9.25. The highest BCUT2D eigenvalue weighted by atomic mass is 79.9. The first kappa shape index (κ1) is 15.6. The van der Waals surface area contributed by atoms with Gasteiger partial charge in [0.2, 0.25) is 0 Å². The van der Waals surface area contributed by atoms with E-state index < -0.39 is 0 Å². The fraction of sp³-hybridized carbons (Fsp3) is 0.312. The molecule has 6 nitrogen and oxygen atoms in total. The summed E-state index contributed by atoms with van der Waals surface area (Å²) in [4.78, 5) is 17.9. The van der Waals surface area contributed by atoms with Crippen molar-refractivity contribution < 1.29 is 4.74 Å². The molecule has 1 aromatic carbocycles. The number of hydrogen-bond acceptors (Lipinski definition) is 5. The van der Waals surface area contributed by atoms with E-state index in [4.69, 9.17) is 9.72 Å². The van der Waals surface area contributed by atoms with Crippen LogP contribution in [0.2, 0.25) is 0 Å². The predicted molar refractivity (Wildman–Crippen MR) is 96.7 cm³/mol. The molecular formula is C16H15BrN4O2S. The molecule has 1 aliphatic rings. The van der Waals surface area contributed by atoms with Gasteiger partial charge in [0.25, 0.3) is 0 Å². The van der Waals surface area contributed by atoms with Crippen LogP contribution in [0.15, 0.2) is 27.5 Å². The Hall–Kier alpha value is -1.93. The Labute approximate surface area is 150 Å². The molecule has 0 atom stereocenters. The van der Waals surface area contributed by atoms with Crippen molar-refractivity contribution in [1.29, 1.82) is 0 Å². The maximum absolute atomic E-state index is 12.0. The average molecular weight is 407 g/mol. The molecule has 0 aliphatic carbocycles. The molecule has 2 aromatic heterocycles. The molecule has 124 valence electrons.